The van der Waals surface area contributed by atoms with Gasteiger partial charge in [-0.15, -0.1) is 6.58 Å². The zero-order valence-electron chi connectivity index (χ0n) is 24.0. The van der Waals surface area contributed by atoms with Crippen LogP contribution in [0.4, 0.5) is 0 Å². The van der Waals surface area contributed by atoms with Crippen LogP contribution in [0.25, 0.3) is 0 Å². The number of benzene rings is 3. The van der Waals surface area contributed by atoms with Crippen LogP contribution in [-0.2, 0) is 20.5 Å². The van der Waals surface area contributed by atoms with Crippen molar-refractivity contribution in [2.24, 2.45) is 11.8 Å². The van der Waals surface area contributed by atoms with Crippen molar-refractivity contribution >= 4 is 18.7 Å². The standard InChI is InChI=1S/C33H44O5Si/c1-7-26(2)32(34)28(23-37-25-36-22-27-18-20-29(35-6)21-19-27)24-38-39(33(3,4)5,30-14-10-8-11-15-30)31-16-12-9-13-17-31/h7-21,26,28,32,34H,1,22-25H2,2-6H3/t26-,28+,32-/m1/s1. The molecule has 0 aliphatic rings. The van der Waals surface area contributed by atoms with Crippen molar-refractivity contribution in [2.75, 3.05) is 27.1 Å². The first-order valence-corrected chi connectivity index (χ1v) is 15.5. The highest BCUT2D eigenvalue weighted by Gasteiger charge is 2.50. The minimum Gasteiger partial charge on any atom is -0.497 e. The van der Waals surface area contributed by atoms with E-state index in [9.17, 15) is 5.11 Å². The van der Waals surface area contributed by atoms with Crippen LogP contribution in [0, 0.1) is 11.8 Å². The molecule has 0 aliphatic carbocycles. The Bertz CT molecular complexity index is 1070. The van der Waals surface area contributed by atoms with Crippen molar-refractivity contribution in [1.29, 1.82) is 0 Å². The summed E-state index contributed by atoms with van der Waals surface area (Å²) >= 11 is 0. The van der Waals surface area contributed by atoms with Crippen LogP contribution in [0.15, 0.2) is 97.6 Å². The third-order valence-electron chi connectivity index (χ3n) is 7.25. The number of hydrogen-bond donors (Lipinski definition) is 1. The summed E-state index contributed by atoms with van der Waals surface area (Å²) in [6.07, 6.45) is 1.11. The van der Waals surface area contributed by atoms with Gasteiger partial charge in [-0.05, 0) is 33.1 Å². The van der Waals surface area contributed by atoms with Gasteiger partial charge in [0.05, 0.1) is 26.4 Å². The lowest BCUT2D eigenvalue weighted by atomic mass is 9.93. The predicted molar refractivity (Wildman–Crippen MR) is 161 cm³/mol. The molecule has 5 nitrogen and oxygen atoms in total. The van der Waals surface area contributed by atoms with Gasteiger partial charge < -0.3 is 23.7 Å². The zero-order valence-corrected chi connectivity index (χ0v) is 25.0. The highest BCUT2D eigenvalue weighted by molar-refractivity contribution is 6.99. The highest BCUT2D eigenvalue weighted by Crippen LogP contribution is 2.37. The Hall–Kier alpha value is -2.74. The second-order valence-electron chi connectivity index (χ2n) is 11.0. The number of rotatable bonds is 15. The maximum absolute atomic E-state index is 11.2. The van der Waals surface area contributed by atoms with Crippen molar-refractivity contribution in [3.63, 3.8) is 0 Å². The van der Waals surface area contributed by atoms with E-state index >= 15 is 0 Å². The molecule has 0 unspecified atom stereocenters. The van der Waals surface area contributed by atoms with Gasteiger partial charge in [0.15, 0.2) is 0 Å². The first-order chi connectivity index (χ1) is 18.7. The van der Waals surface area contributed by atoms with E-state index in [1.165, 1.54) is 10.4 Å². The molecule has 0 saturated heterocycles. The topological polar surface area (TPSA) is 57.2 Å². The van der Waals surface area contributed by atoms with Gasteiger partial charge in [0, 0.05) is 18.4 Å². The Labute approximate surface area is 235 Å². The van der Waals surface area contributed by atoms with Crippen LogP contribution in [-0.4, -0.2) is 46.6 Å². The number of aliphatic hydroxyl groups excluding tert-OH is 1. The van der Waals surface area contributed by atoms with E-state index < -0.39 is 14.4 Å². The Morgan fingerprint density at radius 1 is 0.846 bits per heavy atom. The minimum absolute atomic E-state index is 0.110. The molecular weight excluding hydrogens is 504 g/mol. The van der Waals surface area contributed by atoms with E-state index in [0.717, 1.165) is 11.3 Å². The fraction of sp³-hybridized carbons (Fsp3) is 0.394. The summed E-state index contributed by atoms with van der Waals surface area (Å²) in [7, 11) is -1.10. The summed E-state index contributed by atoms with van der Waals surface area (Å²) in [5.74, 6) is 0.440. The van der Waals surface area contributed by atoms with Gasteiger partial charge in [0.2, 0.25) is 0 Å². The molecule has 0 heterocycles. The number of hydrogen-bond acceptors (Lipinski definition) is 5. The van der Waals surface area contributed by atoms with Crippen LogP contribution in [0.1, 0.15) is 33.3 Å². The maximum atomic E-state index is 11.2. The van der Waals surface area contributed by atoms with E-state index in [1.54, 1.807) is 13.2 Å². The molecule has 0 aromatic heterocycles. The highest BCUT2D eigenvalue weighted by atomic mass is 28.4. The van der Waals surface area contributed by atoms with Crippen LogP contribution >= 0.6 is 0 Å². The molecule has 3 atom stereocenters. The fourth-order valence-corrected chi connectivity index (χ4v) is 9.57. The first-order valence-electron chi connectivity index (χ1n) is 13.6. The van der Waals surface area contributed by atoms with E-state index in [-0.39, 0.29) is 23.7 Å². The fourth-order valence-electron chi connectivity index (χ4n) is 4.95. The third-order valence-corrected chi connectivity index (χ3v) is 12.3. The SMILES string of the molecule is C=C[C@@H](C)[C@@H](O)[C@@H](COCOCc1ccc(OC)cc1)CO[Si](c1ccccc1)(c1ccccc1)C(C)(C)C. The van der Waals surface area contributed by atoms with Gasteiger partial charge in [0.1, 0.15) is 12.5 Å². The van der Waals surface area contributed by atoms with Gasteiger partial charge in [-0.1, -0.05) is 107 Å². The molecule has 6 heteroatoms. The Balaban J connectivity index is 1.76. The van der Waals surface area contributed by atoms with E-state index in [0.29, 0.717) is 19.8 Å². The van der Waals surface area contributed by atoms with Crippen LogP contribution in [0.2, 0.25) is 5.04 Å². The quantitative estimate of drug-likeness (QED) is 0.117. The van der Waals surface area contributed by atoms with Crippen LogP contribution in [0.5, 0.6) is 5.75 Å². The number of ether oxygens (including phenoxy) is 3. The summed E-state index contributed by atoms with van der Waals surface area (Å²) in [5, 5.41) is 13.5. The average Bonchev–Trinajstić information content (AvgIpc) is 2.96. The molecule has 210 valence electrons. The first kappa shape index (κ1) is 30.8. The molecule has 3 rings (SSSR count). The molecule has 0 bridgehead atoms. The normalized spacial score (nSPS) is 14.4. The van der Waals surface area contributed by atoms with Crippen molar-refractivity contribution in [3.8, 4) is 5.75 Å². The molecule has 0 spiro atoms. The van der Waals surface area contributed by atoms with Crippen LogP contribution < -0.4 is 15.1 Å². The van der Waals surface area contributed by atoms with Crippen LogP contribution in [0.3, 0.4) is 0 Å². The molecule has 39 heavy (non-hydrogen) atoms. The van der Waals surface area contributed by atoms with Gasteiger partial charge in [-0.2, -0.15) is 0 Å². The van der Waals surface area contributed by atoms with Crippen molar-refractivity contribution in [2.45, 2.75) is 45.4 Å². The largest absolute Gasteiger partial charge is 0.497 e. The Kier molecular flexibility index (Phi) is 11.5. The van der Waals surface area contributed by atoms with Gasteiger partial charge in [-0.3, -0.25) is 0 Å². The minimum atomic E-state index is -2.74. The average molecular weight is 549 g/mol. The molecular formula is C33H44O5Si. The molecule has 3 aromatic carbocycles. The molecule has 3 aromatic rings. The summed E-state index contributed by atoms with van der Waals surface area (Å²) in [6.45, 7) is 13.8. The van der Waals surface area contributed by atoms with E-state index in [1.807, 2.05) is 43.3 Å². The Morgan fingerprint density at radius 3 is 1.90 bits per heavy atom. The van der Waals surface area contributed by atoms with E-state index in [2.05, 4.69) is 75.9 Å². The lowest BCUT2D eigenvalue weighted by molar-refractivity contribution is -0.0927. The molecule has 0 saturated carbocycles. The summed E-state index contributed by atoms with van der Waals surface area (Å²) in [5.41, 5.74) is 1.03. The van der Waals surface area contributed by atoms with Crippen molar-refractivity contribution < 1.29 is 23.7 Å². The maximum Gasteiger partial charge on any atom is 0.261 e. The van der Waals surface area contributed by atoms with Gasteiger partial charge in [-0.25, -0.2) is 0 Å². The number of aliphatic hydroxyl groups is 1. The van der Waals surface area contributed by atoms with E-state index in [4.69, 9.17) is 18.6 Å². The van der Waals surface area contributed by atoms with Gasteiger partial charge in [0.25, 0.3) is 8.32 Å². The monoisotopic (exact) mass is 548 g/mol. The smallest absolute Gasteiger partial charge is 0.261 e. The lowest BCUT2D eigenvalue weighted by Crippen LogP contribution is -2.67. The zero-order chi connectivity index (χ0) is 28.3. The van der Waals surface area contributed by atoms with Gasteiger partial charge >= 0.3 is 0 Å². The molecule has 0 aliphatic heterocycles. The van der Waals surface area contributed by atoms with Crippen molar-refractivity contribution in [1.82, 2.24) is 0 Å². The third kappa shape index (κ3) is 7.90. The molecule has 0 fully saturated rings. The summed E-state index contributed by atoms with van der Waals surface area (Å²) < 4.78 is 24.0. The second-order valence-corrected chi connectivity index (χ2v) is 15.3. The molecule has 1 N–H and O–H groups in total. The summed E-state index contributed by atoms with van der Waals surface area (Å²) in [6, 6.07) is 28.8. The van der Waals surface area contributed by atoms with Crippen molar-refractivity contribution in [3.05, 3.63) is 103 Å². The predicted octanol–water partition coefficient (Wildman–Crippen LogP) is 5.56. The molecule has 0 amide bonds. The molecule has 0 radical (unpaired) electrons. The second kappa shape index (κ2) is 14.6. The Morgan fingerprint density at radius 2 is 1.41 bits per heavy atom. The lowest BCUT2D eigenvalue weighted by Gasteiger charge is -2.44. The number of methoxy groups -OCH3 is 1. The summed E-state index contributed by atoms with van der Waals surface area (Å²) in [4.78, 5) is 0.